The van der Waals surface area contributed by atoms with Gasteiger partial charge in [-0.05, 0) is 48.5 Å². The molecular weight excluding hydrogens is 371 g/mol. The van der Waals surface area contributed by atoms with Crippen molar-refractivity contribution in [1.29, 1.82) is 0 Å². The average Bonchev–Trinajstić information content (AvgIpc) is 2.68. The molecule has 28 heavy (non-hydrogen) atoms. The molecule has 2 aromatic carbocycles. The van der Waals surface area contributed by atoms with Crippen LogP contribution in [0.1, 0.15) is 15.9 Å². The lowest BCUT2D eigenvalue weighted by Crippen LogP contribution is -2.13. The van der Waals surface area contributed by atoms with Crippen LogP contribution in [0.4, 0.5) is 30.2 Å². The third-order valence-corrected chi connectivity index (χ3v) is 3.83. The summed E-state index contributed by atoms with van der Waals surface area (Å²) in [4.78, 5) is 16.4. The Labute approximate surface area is 159 Å². The number of benzene rings is 2. The Kier molecular flexibility index (Phi) is 5.49. The maximum atomic E-state index is 12.8. The summed E-state index contributed by atoms with van der Waals surface area (Å²) in [7, 11) is 1.57. The second-order valence-corrected chi connectivity index (χ2v) is 5.85. The Morgan fingerprint density at radius 1 is 0.964 bits per heavy atom. The highest BCUT2D eigenvalue weighted by Crippen LogP contribution is 2.30. The molecule has 0 saturated carbocycles. The Morgan fingerprint density at radius 3 is 2.39 bits per heavy atom. The van der Waals surface area contributed by atoms with Crippen molar-refractivity contribution in [2.75, 3.05) is 17.7 Å². The fourth-order valence-corrected chi connectivity index (χ4v) is 2.45. The van der Waals surface area contributed by atoms with E-state index in [1.807, 2.05) is 0 Å². The fourth-order valence-electron chi connectivity index (χ4n) is 2.45. The van der Waals surface area contributed by atoms with E-state index in [4.69, 9.17) is 4.74 Å². The van der Waals surface area contributed by atoms with Crippen molar-refractivity contribution in [3.8, 4) is 5.75 Å². The SMILES string of the molecule is COc1ccc(Nc2cncc(C(=O)Nc3cccc(C(F)(F)F)c3)c2)cc1. The zero-order chi connectivity index (χ0) is 20.1. The Balaban J connectivity index is 1.73. The van der Waals surface area contributed by atoms with Gasteiger partial charge < -0.3 is 15.4 Å². The van der Waals surface area contributed by atoms with Crippen LogP contribution in [0, 0.1) is 0 Å². The minimum absolute atomic E-state index is 0.0494. The topological polar surface area (TPSA) is 63.2 Å². The Bertz CT molecular complexity index is 973. The van der Waals surface area contributed by atoms with Gasteiger partial charge in [-0.1, -0.05) is 6.07 Å². The lowest BCUT2D eigenvalue weighted by atomic mass is 10.2. The smallest absolute Gasteiger partial charge is 0.416 e. The number of halogens is 3. The van der Waals surface area contributed by atoms with Crippen LogP contribution in [0.3, 0.4) is 0 Å². The molecule has 3 rings (SSSR count). The van der Waals surface area contributed by atoms with E-state index in [2.05, 4.69) is 15.6 Å². The molecule has 1 aromatic heterocycles. The van der Waals surface area contributed by atoms with Crippen LogP contribution in [0.25, 0.3) is 0 Å². The second kappa shape index (κ2) is 7.99. The number of hydrogen-bond donors (Lipinski definition) is 2. The predicted molar refractivity (Wildman–Crippen MR) is 99.9 cm³/mol. The van der Waals surface area contributed by atoms with Crippen LogP contribution in [0.15, 0.2) is 67.0 Å². The summed E-state index contributed by atoms with van der Waals surface area (Å²) in [6, 6.07) is 13.2. The van der Waals surface area contributed by atoms with Crippen molar-refractivity contribution < 1.29 is 22.7 Å². The minimum atomic E-state index is -4.48. The Hall–Kier alpha value is -3.55. The number of pyridine rings is 1. The zero-order valence-electron chi connectivity index (χ0n) is 14.7. The van der Waals surface area contributed by atoms with Gasteiger partial charge in [0, 0.05) is 17.6 Å². The molecule has 1 heterocycles. The number of amides is 1. The van der Waals surface area contributed by atoms with Crippen molar-refractivity contribution in [1.82, 2.24) is 4.98 Å². The number of carbonyl (C=O) groups is 1. The number of alkyl halides is 3. The molecule has 144 valence electrons. The van der Waals surface area contributed by atoms with E-state index < -0.39 is 17.6 Å². The van der Waals surface area contributed by atoms with E-state index in [0.717, 1.165) is 17.8 Å². The number of carbonyl (C=O) groups excluding carboxylic acids is 1. The standard InChI is InChI=1S/C20H16F3N3O2/c1-28-18-7-5-15(6-8-18)25-17-9-13(11-24-12-17)19(27)26-16-4-2-3-14(10-16)20(21,22)23/h2-12,25H,1H3,(H,26,27). The normalized spacial score (nSPS) is 11.0. The number of nitrogens with one attached hydrogen (secondary N) is 2. The van der Waals surface area contributed by atoms with E-state index in [-0.39, 0.29) is 11.3 Å². The van der Waals surface area contributed by atoms with Gasteiger partial charge >= 0.3 is 6.18 Å². The van der Waals surface area contributed by atoms with E-state index in [0.29, 0.717) is 11.4 Å². The maximum Gasteiger partial charge on any atom is 0.416 e. The number of nitrogens with zero attached hydrogens (tertiary/aromatic N) is 1. The largest absolute Gasteiger partial charge is 0.497 e. The van der Waals surface area contributed by atoms with Crippen molar-refractivity contribution in [2.24, 2.45) is 0 Å². The first-order valence-corrected chi connectivity index (χ1v) is 8.20. The molecular formula is C20H16F3N3O2. The van der Waals surface area contributed by atoms with Gasteiger partial charge in [0.1, 0.15) is 5.75 Å². The van der Waals surface area contributed by atoms with Crippen LogP contribution >= 0.6 is 0 Å². The molecule has 8 heteroatoms. The molecule has 1 amide bonds. The molecule has 0 fully saturated rings. The number of rotatable bonds is 5. The number of aromatic nitrogens is 1. The molecule has 0 bridgehead atoms. The van der Waals surface area contributed by atoms with Gasteiger partial charge in [-0.15, -0.1) is 0 Å². The van der Waals surface area contributed by atoms with Crippen LogP contribution < -0.4 is 15.4 Å². The molecule has 0 saturated heterocycles. The van der Waals surface area contributed by atoms with Gasteiger partial charge in [-0.2, -0.15) is 13.2 Å². The summed E-state index contributed by atoms with van der Waals surface area (Å²) in [6.45, 7) is 0. The number of ether oxygens (including phenoxy) is 1. The molecule has 0 aliphatic heterocycles. The quantitative estimate of drug-likeness (QED) is 0.639. The third-order valence-electron chi connectivity index (χ3n) is 3.83. The molecule has 0 unspecified atom stereocenters. The zero-order valence-corrected chi connectivity index (χ0v) is 14.7. The third kappa shape index (κ3) is 4.79. The highest BCUT2D eigenvalue weighted by molar-refractivity contribution is 6.04. The molecule has 0 aliphatic carbocycles. The molecule has 0 radical (unpaired) electrons. The molecule has 3 aromatic rings. The van der Waals surface area contributed by atoms with Gasteiger partial charge in [-0.3, -0.25) is 9.78 Å². The van der Waals surface area contributed by atoms with Crippen LogP contribution in [-0.4, -0.2) is 18.0 Å². The van der Waals surface area contributed by atoms with Crippen molar-refractivity contribution >= 4 is 23.0 Å². The first-order valence-electron chi connectivity index (χ1n) is 8.20. The summed E-state index contributed by atoms with van der Waals surface area (Å²) in [5, 5.41) is 5.55. The predicted octanol–water partition coefficient (Wildman–Crippen LogP) is 5.10. The van der Waals surface area contributed by atoms with E-state index in [9.17, 15) is 18.0 Å². The average molecular weight is 387 g/mol. The number of methoxy groups -OCH3 is 1. The monoisotopic (exact) mass is 387 g/mol. The molecule has 5 nitrogen and oxygen atoms in total. The summed E-state index contributed by atoms with van der Waals surface area (Å²) >= 11 is 0. The number of hydrogen-bond acceptors (Lipinski definition) is 4. The molecule has 2 N–H and O–H groups in total. The minimum Gasteiger partial charge on any atom is -0.497 e. The molecule has 0 spiro atoms. The molecule has 0 aliphatic rings. The first kappa shape index (κ1) is 19.2. The first-order chi connectivity index (χ1) is 13.3. The summed E-state index contributed by atoms with van der Waals surface area (Å²) in [5.41, 5.74) is 0.738. The van der Waals surface area contributed by atoms with Gasteiger partial charge in [0.25, 0.3) is 5.91 Å². The number of anilines is 3. The van der Waals surface area contributed by atoms with Gasteiger partial charge in [-0.25, -0.2) is 0 Å². The fraction of sp³-hybridized carbons (Fsp3) is 0.100. The van der Waals surface area contributed by atoms with E-state index in [1.165, 1.54) is 24.5 Å². The van der Waals surface area contributed by atoms with Crippen molar-refractivity contribution in [3.63, 3.8) is 0 Å². The summed E-state index contributed by atoms with van der Waals surface area (Å²) < 4.78 is 43.5. The second-order valence-electron chi connectivity index (χ2n) is 5.85. The van der Waals surface area contributed by atoms with Crippen LogP contribution in [0.5, 0.6) is 5.75 Å². The highest BCUT2D eigenvalue weighted by atomic mass is 19.4. The maximum absolute atomic E-state index is 12.8. The van der Waals surface area contributed by atoms with Crippen LogP contribution in [0.2, 0.25) is 0 Å². The van der Waals surface area contributed by atoms with Gasteiger partial charge in [0.15, 0.2) is 0 Å². The summed E-state index contributed by atoms with van der Waals surface area (Å²) in [6.07, 6.45) is -1.61. The van der Waals surface area contributed by atoms with E-state index >= 15 is 0 Å². The molecule has 0 atom stereocenters. The van der Waals surface area contributed by atoms with Crippen molar-refractivity contribution in [2.45, 2.75) is 6.18 Å². The highest BCUT2D eigenvalue weighted by Gasteiger charge is 2.30. The summed E-state index contributed by atoms with van der Waals surface area (Å²) in [5.74, 6) is 0.142. The lowest BCUT2D eigenvalue weighted by Gasteiger charge is -2.11. The van der Waals surface area contributed by atoms with Gasteiger partial charge in [0.05, 0.1) is 30.1 Å². The van der Waals surface area contributed by atoms with Crippen LogP contribution in [-0.2, 0) is 6.18 Å². The van der Waals surface area contributed by atoms with E-state index in [1.54, 1.807) is 37.4 Å². The van der Waals surface area contributed by atoms with Crippen molar-refractivity contribution in [3.05, 3.63) is 78.1 Å². The Morgan fingerprint density at radius 2 is 1.71 bits per heavy atom. The lowest BCUT2D eigenvalue weighted by molar-refractivity contribution is -0.137. The van der Waals surface area contributed by atoms with Gasteiger partial charge in [0.2, 0.25) is 0 Å².